The van der Waals surface area contributed by atoms with E-state index in [-0.39, 0.29) is 11.4 Å². The molecule has 0 aromatic heterocycles. The van der Waals surface area contributed by atoms with Gasteiger partial charge in [0.05, 0.1) is 5.75 Å². The van der Waals surface area contributed by atoms with E-state index in [0.29, 0.717) is 16.1 Å². The molecule has 1 amide bonds. The fourth-order valence-electron chi connectivity index (χ4n) is 2.06. The molecule has 0 fully saturated rings. The molecule has 1 N–H and O–H groups in total. The molecule has 2 rings (SSSR count). The third-order valence-corrected chi connectivity index (χ3v) is 5.93. The number of benzene rings is 2. The Morgan fingerprint density at radius 1 is 1.21 bits per heavy atom. The van der Waals surface area contributed by atoms with Gasteiger partial charge in [-0.2, -0.15) is 0 Å². The lowest BCUT2D eigenvalue weighted by Gasteiger charge is -2.15. The highest BCUT2D eigenvalue weighted by Gasteiger charge is 2.28. The van der Waals surface area contributed by atoms with Crippen molar-refractivity contribution in [2.75, 3.05) is 5.32 Å². The topological polar surface area (TPSA) is 63.2 Å². The molecule has 24 heavy (non-hydrogen) atoms. The fourth-order valence-corrected chi connectivity index (χ4v) is 3.48. The van der Waals surface area contributed by atoms with Crippen LogP contribution in [0.3, 0.4) is 0 Å². The highest BCUT2D eigenvalue weighted by Crippen LogP contribution is 2.19. The molecule has 0 saturated heterocycles. The van der Waals surface area contributed by atoms with Crippen molar-refractivity contribution < 1.29 is 17.6 Å². The van der Waals surface area contributed by atoms with Crippen LogP contribution in [0.1, 0.15) is 18.1 Å². The Morgan fingerprint density at radius 3 is 2.46 bits per heavy atom. The van der Waals surface area contributed by atoms with Crippen LogP contribution in [0.15, 0.2) is 42.5 Å². The quantitative estimate of drug-likeness (QED) is 0.873. The number of carbonyl (C=O) groups excluding carboxylic acids is 1. The van der Waals surface area contributed by atoms with Gasteiger partial charge in [-0.3, -0.25) is 4.79 Å². The van der Waals surface area contributed by atoms with E-state index in [1.54, 1.807) is 31.2 Å². The second-order valence-corrected chi connectivity index (χ2v) is 8.28. The molecule has 0 aliphatic heterocycles. The number of amides is 1. The summed E-state index contributed by atoms with van der Waals surface area (Å²) >= 11 is 5.77. The van der Waals surface area contributed by atoms with Crippen molar-refractivity contribution in [3.8, 4) is 0 Å². The number of rotatable bonds is 5. The Morgan fingerprint density at radius 2 is 1.83 bits per heavy atom. The number of sulfone groups is 1. The van der Waals surface area contributed by atoms with Gasteiger partial charge in [0.15, 0.2) is 9.84 Å². The number of nitrogens with one attached hydrogen (secondary N) is 1. The number of anilines is 1. The zero-order chi connectivity index (χ0) is 17.9. The monoisotopic (exact) mass is 369 g/mol. The van der Waals surface area contributed by atoms with Crippen molar-refractivity contribution in [3.05, 3.63) is 64.4 Å². The molecule has 4 nitrogen and oxygen atoms in total. The Balaban J connectivity index is 2.13. The second kappa shape index (κ2) is 7.32. The summed E-state index contributed by atoms with van der Waals surface area (Å²) in [6.45, 7) is 3.01. The van der Waals surface area contributed by atoms with Crippen molar-refractivity contribution in [2.45, 2.75) is 24.9 Å². The Hall–Kier alpha value is -1.92. The first kappa shape index (κ1) is 18.4. The molecule has 0 bridgehead atoms. The van der Waals surface area contributed by atoms with E-state index >= 15 is 0 Å². The predicted octanol–water partition coefficient (Wildman–Crippen LogP) is 3.73. The van der Waals surface area contributed by atoms with Gasteiger partial charge in [-0.15, -0.1) is 0 Å². The summed E-state index contributed by atoms with van der Waals surface area (Å²) in [5, 5.41) is 1.71. The number of halogens is 2. The SMILES string of the molecule is Cc1ccc(F)cc1NC(=O)C(C)S(=O)(=O)Cc1ccc(Cl)cc1. The molecule has 1 unspecified atom stereocenters. The van der Waals surface area contributed by atoms with E-state index in [1.165, 1.54) is 19.1 Å². The molecule has 7 heteroatoms. The summed E-state index contributed by atoms with van der Waals surface area (Å²) in [7, 11) is -3.72. The van der Waals surface area contributed by atoms with Crippen LogP contribution in [0.5, 0.6) is 0 Å². The molecular formula is C17H17ClFNO3S. The van der Waals surface area contributed by atoms with Gasteiger partial charge in [0.2, 0.25) is 5.91 Å². The minimum atomic E-state index is -3.72. The van der Waals surface area contributed by atoms with Crippen LogP contribution in [-0.4, -0.2) is 19.6 Å². The molecule has 1 atom stereocenters. The van der Waals surface area contributed by atoms with Crippen molar-refractivity contribution in [1.82, 2.24) is 0 Å². The predicted molar refractivity (Wildman–Crippen MR) is 93.3 cm³/mol. The molecule has 0 aliphatic rings. The first-order valence-electron chi connectivity index (χ1n) is 7.22. The summed E-state index contributed by atoms with van der Waals surface area (Å²) < 4.78 is 38.1. The lowest BCUT2D eigenvalue weighted by atomic mass is 10.2. The number of hydrogen-bond acceptors (Lipinski definition) is 3. The summed E-state index contributed by atoms with van der Waals surface area (Å²) in [6.07, 6.45) is 0. The lowest BCUT2D eigenvalue weighted by molar-refractivity contribution is -0.115. The highest BCUT2D eigenvalue weighted by molar-refractivity contribution is 7.92. The third kappa shape index (κ3) is 4.55. The van der Waals surface area contributed by atoms with E-state index in [1.807, 2.05) is 0 Å². The number of carbonyl (C=O) groups is 1. The molecular weight excluding hydrogens is 353 g/mol. The van der Waals surface area contributed by atoms with E-state index in [0.717, 1.165) is 6.07 Å². The molecule has 2 aromatic carbocycles. The Bertz CT molecular complexity index is 851. The summed E-state index contributed by atoms with van der Waals surface area (Å²) in [5.41, 5.74) is 1.45. The van der Waals surface area contributed by atoms with E-state index < -0.39 is 26.8 Å². The van der Waals surface area contributed by atoms with Gasteiger partial charge in [0.1, 0.15) is 11.1 Å². The second-order valence-electron chi connectivity index (χ2n) is 5.52. The molecule has 0 saturated carbocycles. The Kier molecular flexibility index (Phi) is 5.62. The fraction of sp³-hybridized carbons (Fsp3) is 0.235. The zero-order valence-electron chi connectivity index (χ0n) is 13.2. The van der Waals surface area contributed by atoms with Gasteiger partial charge in [-0.25, -0.2) is 12.8 Å². The van der Waals surface area contributed by atoms with Crippen LogP contribution in [0, 0.1) is 12.7 Å². The average molecular weight is 370 g/mol. The van der Waals surface area contributed by atoms with Crippen molar-refractivity contribution in [1.29, 1.82) is 0 Å². The lowest BCUT2D eigenvalue weighted by Crippen LogP contribution is -2.33. The molecule has 0 heterocycles. The van der Waals surface area contributed by atoms with Crippen molar-refractivity contribution >= 4 is 33.0 Å². The Labute approximate surface area is 145 Å². The number of hydrogen-bond donors (Lipinski definition) is 1. The smallest absolute Gasteiger partial charge is 0.242 e. The van der Waals surface area contributed by atoms with Crippen molar-refractivity contribution in [3.63, 3.8) is 0 Å². The third-order valence-electron chi connectivity index (χ3n) is 3.65. The molecule has 0 aliphatic carbocycles. The molecule has 128 valence electrons. The van der Waals surface area contributed by atoms with Crippen LogP contribution in [0.2, 0.25) is 5.02 Å². The standard InChI is InChI=1S/C17H17ClFNO3S/c1-11-3-8-15(19)9-16(11)20-17(21)12(2)24(22,23)10-13-4-6-14(18)7-5-13/h3-9,12H,10H2,1-2H3,(H,20,21). The van der Waals surface area contributed by atoms with E-state index in [9.17, 15) is 17.6 Å². The van der Waals surface area contributed by atoms with Gasteiger partial charge in [-0.1, -0.05) is 29.8 Å². The first-order valence-corrected chi connectivity index (χ1v) is 9.31. The molecule has 0 spiro atoms. The van der Waals surface area contributed by atoms with Gasteiger partial charge < -0.3 is 5.32 Å². The van der Waals surface area contributed by atoms with Crippen LogP contribution in [-0.2, 0) is 20.4 Å². The molecule has 0 radical (unpaired) electrons. The summed E-state index contributed by atoms with van der Waals surface area (Å²) in [4.78, 5) is 12.2. The summed E-state index contributed by atoms with van der Waals surface area (Å²) in [5.74, 6) is -1.48. The largest absolute Gasteiger partial charge is 0.325 e. The van der Waals surface area contributed by atoms with Gasteiger partial charge in [0, 0.05) is 10.7 Å². The zero-order valence-corrected chi connectivity index (χ0v) is 14.8. The minimum Gasteiger partial charge on any atom is -0.325 e. The maximum absolute atomic E-state index is 13.3. The van der Waals surface area contributed by atoms with E-state index in [4.69, 9.17) is 11.6 Å². The van der Waals surface area contributed by atoms with Crippen LogP contribution < -0.4 is 5.32 Å². The maximum atomic E-state index is 13.3. The average Bonchev–Trinajstić information content (AvgIpc) is 2.52. The van der Waals surface area contributed by atoms with Gasteiger partial charge in [-0.05, 0) is 49.2 Å². The summed E-state index contributed by atoms with van der Waals surface area (Å²) in [6, 6.07) is 10.3. The molecule has 2 aromatic rings. The van der Waals surface area contributed by atoms with Crippen LogP contribution >= 0.6 is 11.6 Å². The van der Waals surface area contributed by atoms with Crippen LogP contribution in [0.25, 0.3) is 0 Å². The maximum Gasteiger partial charge on any atom is 0.242 e. The van der Waals surface area contributed by atoms with E-state index in [2.05, 4.69) is 5.32 Å². The minimum absolute atomic E-state index is 0.258. The number of aryl methyl sites for hydroxylation is 1. The first-order chi connectivity index (χ1) is 11.2. The van der Waals surface area contributed by atoms with Gasteiger partial charge in [0.25, 0.3) is 0 Å². The van der Waals surface area contributed by atoms with Crippen molar-refractivity contribution in [2.24, 2.45) is 0 Å². The van der Waals surface area contributed by atoms with Crippen LogP contribution in [0.4, 0.5) is 10.1 Å². The van der Waals surface area contributed by atoms with Gasteiger partial charge >= 0.3 is 0 Å². The normalized spacial score (nSPS) is 12.7. The highest BCUT2D eigenvalue weighted by atomic mass is 35.5.